The number of carbonyl (C=O) groups excluding carboxylic acids is 2. The van der Waals surface area contributed by atoms with Crippen molar-refractivity contribution in [2.75, 3.05) is 18.2 Å². The van der Waals surface area contributed by atoms with Crippen molar-refractivity contribution < 1.29 is 24.0 Å². The number of methoxy groups -OCH3 is 1. The van der Waals surface area contributed by atoms with Crippen LogP contribution in [0.15, 0.2) is 42.5 Å². The van der Waals surface area contributed by atoms with Gasteiger partial charge < -0.3 is 14.8 Å². The third-order valence-electron chi connectivity index (χ3n) is 3.95. The first-order valence-electron chi connectivity index (χ1n) is 8.76. The van der Waals surface area contributed by atoms with E-state index < -0.39 is 22.9 Å². The van der Waals surface area contributed by atoms with E-state index in [1.54, 1.807) is 0 Å². The molecule has 154 valence electrons. The lowest BCUT2D eigenvalue weighted by atomic mass is 10.2. The van der Waals surface area contributed by atoms with Crippen LogP contribution in [-0.4, -0.2) is 35.8 Å². The van der Waals surface area contributed by atoms with E-state index >= 15 is 0 Å². The average Bonchev–Trinajstić information content (AvgIpc) is 2.69. The zero-order chi connectivity index (χ0) is 21.4. The number of amides is 1. The lowest BCUT2D eigenvalue weighted by molar-refractivity contribution is -0.384. The summed E-state index contributed by atoms with van der Waals surface area (Å²) in [5, 5.41) is 13.6. The van der Waals surface area contributed by atoms with Crippen molar-refractivity contribution in [3.63, 3.8) is 0 Å². The quantitative estimate of drug-likeness (QED) is 0.376. The number of thioether (sulfide) groups is 1. The minimum absolute atomic E-state index is 0.00237. The smallest absolute Gasteiger partial charge is 0.316 e. The summed E-state index contributed by atoms with van der Waals surface area (Å²) < 4.78 is 10.1. The number of esters is 1. The summed E-state index contributed by atoms with van der Waals surface area (Å²) >= 11 is 1.38. The molecular formula is C20H22N2O6S. The Morgan fingerprint density at radius 1 is 1.21 bits per heavy atom. The summed E-state index contributed by atoms with van der Waals surface area (Å²) in [6.07, 6.45) is -1.09. The molecule has 0 unspecified atom stereocenters. The second-order valence-electron chi connectivity index (χ2n) is 6.24. The number of nitro benzene ring substituents is 1. The van der Waals surface area contributed by atoms with Crippen molar-refractivity contribution in [2.45, 2.75) is 25.7 Å². The van der Waals surface area contributed by atoms with Crippen molar-refractivity contribution in [1.29, 1.82) is 0 Å². The molecule has 0 aliphatic carbocycles. The molecule has 0 aromatic heterocycles. The molecule has 0 spiro atoms. The molecule has 2 aromatic carbocycles. The third kappa shape index (κ3) is 6.79. The number of nitro groups is 1. The Morgan fingerprint density at radius 2 is 1.90 bits per heavy atom. The molecule has 9 heteroatoms. The number of aryl methyl sites for hydroxylation is 1. The Balaban J connectivity index is 1.86. The molecule has 8 nitrogen and oxygen atoms in total. The summed E-state index contributed by atoms with van der Waals surface area (Å²) in [7, 11) is 1.38. The first-order chi connectivity index (χ1) is 13.8. The SMILES string of the molecule is COc1ccc(NC(=O)[C@H](C)OC(=O)CSCc2ccc(C)cc2)c([N+](=O)[O-])c1. The van der Waals surface area contributed by atoms with E-state index in [-0.39, 0.29) is 17.1 Å². The molecule has 0 bridgehead atoms. The highest BCUT2D eigenvalue weighted by atomic mass is 32.2. The van der Waals surface area contributed by atoms with Crippen LogP contribution in [0.5, 0.6) is 5.75 Å². The number of anilines is 1. The molecule has 0 aliphatic heterocycles. The Morgan fingerprint density at radius 3 is 2.52 bits per heavy atom. The van der Waals surface area contributed by atoms with Crippen molar-refractivity contribution >= 4 is 35.0 Å². The second-order valence-corrected chi connectivity index (χ2v) is 7.23. The standard InChI is InChI=1S/C20H22N2O6S/c1-13-4-6-15(7-5-13)11-29-12-19(23)28-14(2)20(24)21-17-9-8-16(27-3)10-18(17)22(25)26/h4-10,14H,11-12H2,1-3H3,(H,21,24)/t14-/m0/s1. The Bertz CT molecular complexity index is 885. The topological polar surface area (TPSA) is 108 Å². The first kappa shape index (κ1) is 22.2. The molecule has 0 heterocycles. The van der Waals surface area contributed by atoms with Crippen LogP contribution in [0.25, 0.3) is 0 Å². The highest BCUT2D eigenvalue weighted by molar-refractivity contribution is 7.99. The fraction of sp³-hybridized carbons (Fsp3) is 0.300. The van der Waals surface area contributed by atoms with E-state index in [0.717, 1.165) is 11.1 Å². The average molecular weight is 418 g/mol. The lowest BCUT2D eigenvalue weighted by Crippen LogP contribution is -2.30. The Labute approximate surface area is 172 Å². The van der Waals surface area contributed by atoms with E-state index in [2.05, 4.69) is 5.32 Å². The number of carbonyl (C=O) groups is 2. The third-order valence-corrected chi connectivity index (χ3v) is 4.92. The van der Waals surface area contributed by atoms with Crippen LogP contribution < -0.4 is 10.1 Å². The largest absolute Gasteiger partial charge is 0.496 e. The number of benzene rings is 2. The first-order valence-corrected chi connectivity index (χ1v) is 9.91. The van der Waals surface area contributed by atoms with Crippen LogP contribution in [0, 0.1) is 17.0 Å². The van der Waals surface area contributed by atoms with Gasteiger partial charge in [-0.15, -0.1) is 11.8 Å². The van der Waals surface area contributed by atoms with Gasteiger partial charge in [0.15, 0.2) is 6.10 Å². The van der Waals surface area contributed by atoms with Gasteiger partial charge in [-0.25, -0.2) is 0 Å². The van der Waals surface area contributed by atoms with Crippen molar-refractivity contribution in [1.82, 2.24) is 0 Å². The highest BCUT2D eigenvalue weighted by Crippen LogP contribution is 2.29. The second kappa shape index (κ2) is 10.5. The highest BCUT2D eigenvalue weighted by Gasteiger charge is 2.22. The van der Waals surface area contributed by atoms with Crippen LogP contribution >= 0.6 is 11.8 Å². The number of ether oxygens (including phenoxy) is 2. The summed E-state index contributed by atoms with van der Waals surface area (Å²) in [5.74, 6) is -0.161. The molecule has 0 saturated heterocycles. The van der Waals surface area contributed by atoms with Crippen LogP contribution in [0.4, 0.5) is 11.4 Å². The van der Waals surface area contributed by atoms with E-state index in [1.165, 1.54) is 44.0 Å². The van der Waals surface area contributed by atoms with E-state index in [1.807, 2.05) is 31.2 Å². The maximum atomic E-state index is 12.3. The molecular weight excluding hydrogens is 396 g/mol. The lowest BCUT2D eigenvalue weighted by Gasteiger charge is -2.14. The zero-order valence-electron chi connectivity index (χ0n) is 16.3. The van der Waals surface area contributed by atoms with Gasteiger partial charge in [0.1, 0.15) is 11.4 Å². The monoisotopic (exact) mass is 418 g/mol. The van der Waals surface area contributed by atoms with Gasteiger partial charge in [0.2, 0.25) is 0 Å². The molecule has 2 rings (SSSR count). The fourth-order valence-corrected chi connectivity index (χ4v) is 3.12. The van der Waals surface area contributed by atoms with Gasteiger partial charge in [-0.05, 0) is 31.5 Å². The van der Waals surface area contributed by atoms with Crippen molar-refractivity contribution in [2.24, 2.45) is 0 Å². The maximum absolute atomic E-state index is 12.3. The van der Waals surface area contributed by atoms with Gasteiger partial charge in [-0.1, -0.05) is 29.8 Å². The minimum atomic E-state index is -1.09. The number of hydrogen-bond acceptors (Lipinski definition) is 7. The van der Waals surface area contributed by atoms with Crippen LogP contribution in [-0.2, 0) is 20.1 Å². The van der Waals surface area contributed by atoms with Gasteiger partial charge in [-0.2, -0.15) is 0 Å². The van der Waals surface area contributed by atoms with E-state index in [4.69, 9.17) is 9.47 Å². The molecule has 0 fully saturated rings. The maximum Gasteiger partial charge on any atom is 0.316 e. The van der Waals surface area contributed by atoms with Crippen LogP contribution in [0.2, 0.25) is 0 Å². The number of hydrogen-bond donors (Lipinski definition) is 1. The molecule has 1 atom stereocenters. The summed E-state index contributed by atoms with van der Waals surface area (Å²) in [4.78, 5) is 34.8. The normalized spacial score (nSPS) is 11.4. The van der Waals surface area contributed by atoms with Gasteiger partial charge in [0.25, 0.3) is 11.6 Å². The number of nitrogens with one attached hydrogen (secondary N) is 1. The molecule has 0 radical (unpaired) electrons. The summed E-state index contributed by atoms with van der Waals surface area (Å²) in [6.45, 7) is 3.41. The Kier molecular flexibility index (Phi) is 8.02. The zero-order valence-corrected chi connectivity index (χ0v) is 17.2. The molecule has 29 heavy (non-hydrogen) atoms. The van der Waals surface area contributed by atoms with Gasteiger partial charge in [0, 0.05) is 5.75 Å². The van der Waals surface area contributed by atoms with Crippen LogP contribution in [0.3, 0.4) is 0 Å². The predicted octanol–water partition coefficient (Wildman–Crippen LogP) is 3.72. The molecule has 0 aliphatic rings. The van der Waals surface area contributed by atoms with E-state index in [9.17, 15) is 19.7 Å². The molecule has 2 aromatic rings. The molecule has 1 amide bonds. The van der Waals surface area contributed by atoms with Crippen LogP contribution in [0.1, 0.15) is 18.1 Å². The van der Waals surface area contributed by atoms with Gasteiger partial charge in [-0.3, -0.25) is 19.7 Å². The van der Waals surface area contributed by atoms with Gasteiger partial charge in [0.05, 0.1) is 23.9 Å². The molecule has 0 saturated carbocycles. The Hall–Kier alpha value is -3.07. The van der Waals surface area contributed by atoms with E-state index in [0.29, 0.717) is 11.5 Å². The minimum Gasteiger partial charge on any atom is -0.496 e. The number of nitrogens with zero attached hydrogens (tertiary/aromatic N) is 1. The predicted molar refractivity (Wildman–Crippen MR) is 111 cm³/mol. The van der Waals surface area contributed by atoms with Gasteiger partial charge >= 0.3 is 5.97 Å². The van der Waals surface area contributed by atoms with Crippen molar-refractivity contribution in [3.8, 4) is 5.75 Å². The fourth-order valence-electron chi connectivity index (χ4n) is 2.35. The summed E-state index contributed by atoms with van der Waals surface area (Å²) in [5.41, 5.74) is 1.93. The summed E-state index contributed by atoms with van der Waals surface area (Å²) in [6, 6.07) is 12.0. The molecule has 1 N–H and O–H groups in total. The van der Waals surface area contributed by atoms with Crippen molar-refractivity contribution in [3.05, 3.63) is 63.7 Å². The number of rotatable bonds is 9.